The van der Waals surface area contributed by atoms with Gasteiger partial charge in [-0.3, -0.25) is 0 Å². The molecule has 7 nitrogen and oxygen atoms in total. The van der Waals surface area contributed by atoms with Crippen molar-refractivity contribution in [2.45, 2.75) is 11.0 Å². The van der Waals surface area contributed by atoms with Gasteiger partial charge < -0.3 is 10.1 Å². The van der Waals surface area contributed by atoms with Gasteiger partial charge in [-0.15, -0.1) is 0 Å². The molecule has 1 N–H and O–H groups in total. The summed E-state index contributed by atoms with van der Waals surface area (Å²) in [6, 6.07) is 5.00. The van der Waals surface area contributed by atoms with Gasteiger partial charge in [0.15, 0.2) is 0 Å². The van der Waals surface area contributed by atoms with Gasteiger partial charge in [0, 0.05) is 26.7 Å². The molecule has 114 valence electrons. The highest BCUT2D eigenvalue weighted by molar-refractivity contribution is 7.89. The molecule has 2 heterocycles. The Balaban J connectivity index is 1.83. The third-order valence-corrected chi connectivity index (χ3v) is 5.80. The van der Waals surface area contributed by atoms with Gasteiger partial charge in [0.25, 0.3) is 0 Å². The Bertz CT molecular complexity index is 707. The summed E-state index contributed by atoms with van der Waals surface area (Å²) in [6.07, 6.45) is -0.133. The van der Waals surface area contributed by atoms with Crippen LogP contribution in [0.2, 0.25) is 0 Å². The highest BCUT2D eigenvalue weighted by Gasteiger charge is 2.29. The normalized spacial score (nSPS) is 21.3. The van der Waals surface area contributed by atoms with Crippen LogP contribution in [0.3, 0.4) is 0 Å². The highest BCUT2D eigenvalue weighted by Crippen LogP contribution is 2.38. The zero-order valence-corrected chi connectivity index (χ0v) is 13.2. The van der Waals surface area contributed by atoms with E-state index in [0.717, 1.165) is 17.9 Å². The first-order chi connectivity index (χ1) is 10.1. The zero-order valence-electron chi connectivity index (χ0n) is 11.5. The van der Waals surface area contributed by atoms with E-state index in [9.17, 15) is 8.42 Å². The number of fused-ring (bicyclic) bond motifs is 1. The van der Waals surface area contributed by atoms with Crippen LogP contribution in [0.5, 0.6) is 0 Å². The van der Waals surface area contributed by atoms with Crippen LogP contribution in [0.15, 0.2) is 31.8 Å². The van der Waals surface area contributed by atoms with Crippen molar-refractivity contribution in [1.82, 2.24) is 9.62 Å². The van der Waals surface area contributed by atoms with E-state index < -0.39 is 10.0 Å². The molecule has 1 aromatic carbocycles. The number of rotatable bonds is 4. The summed E-state index contributed by atoms with van der Waals surface area (Å²) in [7, 11) is -2.04. The van der Waals surface area contributed by atoms with Gasteiger partial charge >= 0.3 is 0 Å². The third-order valence-electron chi connectivity index (χ3n) is 3.40. The lowest BCUT2D eigenvalue weighted by Gasteiger charge is -2.27. The minimum Gasteiger partial charge on any atom is -0.374 e. The first-order valence-electron chi connectivity index (χ1n) is 6.59. The summed E-state index contributed by atoms with van der Waals surface area (Å²) in [5.41, 5.74) is 1.03. The molecule has 0 saturated carbocycles. The van der Waals surface area contributed by atoms with Crippen molar-refractivity contribution in [3.05, 3.63) is 18.2 Å². The molecule has 1 saturated heterocycles. The molecule has 0 amide bonds. The molecule has 0 spiro atoms. The third kappa shape index (κ3) is 2.92. The number of benzene rings is 1. The van der Waals surface area contributed by atoms with Crippen molar-refractivity contribution in [2.75, 3.05) is 33.3 Å². The van der Waals surface area contributed by atoms with Gasteiger partial charge in [0.1, 0.15) is 16.3 Å². The number of ether oxygens (including phenoxy) is 1. The quantitative estimate of drug-likeness (QED) is 0.908. The second-order valence-corrected chi connectivity index (χ2v) is 7.41. The lowest BCUT2D eigenvalue weighted by molar-refractivity contribution is 0.0206. The maximum absolute atomic E-state index is 12.7. The molecule has 1 atom stereocenters. The predicted octanol–water partition coefficient (Wildman–Crippen LogP) is 1.02. The zero-order chi connectivity index (χ0) is 14.9. The molecule has 0 aliphatic carbocycles. The Hall–Kier alpha value is -1.13. The van der Waals surface area contributed by atoms with Crippen molar-refractivity contribution in [3.63, 3.8) is 0 Å². The second-order valence-electron chi connectivity index (χ2n) is 4.87. The van der Waals surface area contributed by atoms with Crippen LogP contribution in [0.4, 0.5) is 11.4 Å². The van der Waals surface area contributed by atoms with E-state index in [1.54, 1.807) is 25.2 Å². The van der Waals surface area contributed by atoms with E-state index in [0.29, 0.717) is 31.1 Å². The molecule has 9 heteroatoms. The van der Waals surface area contributed by atoms with E-state index >= 15 is 0 Å². The van der Waals surface area contributed by atoms with Gasteiger partial charge in [0.05, 0.1) is 24.1 Å². The summed E-state index contributed by atoms with van der Waals surface area (Å²) in [5.74, 6) is 0. The van der Waals surface area contributed by atoms with Crippen molar-refractivity contribution in [3.8, 4) is 0 Å². The smallest absolute Gasteiger partial charge is 0.245 e. The Labute approximate surface area is 127 Å². The molecule has 1 fully saturated rings. The minimum atomic E-state index is -3.61. The summed E-state index contributed by atoms with van der Waals surface area (Å²) in [4.78, 5) is 0.194. The summed E-state index contributed by atoms with van der Waals surface area (Å²) in [6.45, 7) is 2.37. The average Bonchev–Trinajstić information content (AvgIpc) is 2.96. The van der Waals surface area contributed by atoms with E-state index in [2.05, 4.69) is 14.0 Å². The van der Waals surface area contributed by atoms with Crippen molar-refractivity contribution >= 4 is 32.8 Å². The number of nitrogens with one attached hydrogen (secondary N) is 1. The molecule has 1 unspecified atom stereocenters. The minimum absolute atomic E-state index is 0.133. The van der Waals surface area contributed by atoms with E-state index in [4.69, 9.17) is 4.74 Å². The largest absolute Gasteiger partial charge is 0.374 e. The number of likely N-dealkylation sites (N-methyl/N-ethyl adjacent to an activating group) is 1. The Kier molecular flexibility index (Phi) is 4.18. The topological polar surface area (TPSA) is 83.4 Å². The van der Waals surface area contributed by atoms with E-state index in [-0.39, 0.29) is 11.0 Å². The molecule has 1 aromatic rings. The van der Waals surface area contributed by atoms with Crippen LogP contribution < -0.4 is 5.32 Å². The van der Waals surface area contributed by atoms with E-state index in [1.165, 1.54) is 4.31 Å². The standard InChI is InChI=1S/C12H16N4O3S2/c1-16(8-9-7-13-5-6-19-9)21(17,18)11-4-2-3-10-12(11)15-20-14-10/h2-4,9,13H,5-8H2,1H3. The first kappa shape index (κ1) is 14.8. The molecule has 3 rings (SSSR count). The van der Waals surface area contributed by atoms with Gasteiger partial charge in [-0.2, -0.15) is 13.0 Å². The predicted molar refractivity (Wildman–Crippen MR) is 80.4 cm³/mol. The van der Waals surface area contributed by atoms with Crippen LogP contribution in [-0.4, -0.2) is 52.1 Å². The monoisotopic (exact) mass is 328 g/mol. The molecule has 0 aromatic heterocycles. The lowest BCUT2D eigenvalue weighted by atomic mass is 10.3. The number of morpholine rings is 1. The van der Waals surface area contributed by atoms with Crippen LogP contribution in [0.25, 0.3) is 0 Å². The molecule has 2 aliphatic rings. The highest BCUT2D eigenvalue weighted by atomic mass is 32.2. The summed E-state index contributed by atoms with van der Waals surface area (Å²) >= 11 is 1.01. The van der Waals surface area contributed by atoms with E-state index in [1.807, 2.05) is 0 Å². The summed E-state index contributed by atoms with van der Waals surface area (Å²) in [5, 5.41) is 3.19. The Morgan fingerprint density at radius 2 is 2.33 bits per heavy atom. The average molecular weight is 328 g/mol. The van der Waals surface area contributed by atoms with Crippen molar-refractivity contribution < 1.29 is 13.2 Å². The molecular weight excluding hydrogens is 312 g/mol. The molecule has 2 aliphatic heterocycles. The molecular formula is C12H16N4O3S2. The van der Waals surface area contributed by atoms with Crippen LogP contribution >= 0.6 is 0 Å². The number of hydrogen-bond donors (Lipinski definition) is 1. The van der Waals surface area contributed by atoms with Gasteiger partial charge in [-0.05, 0) is 12.1 Å². The maximum Gasteiger partial charge on any atom is 0.245 e. The summed E-state index contributed by atoms with van der Waals surface area (Å²) < 4.78 is 40.5. The molecule has 0 bridgehead atoms. The van der Waals surface area contributed by atoms with Crippen molar-refractivity contribution in [2.24, 2.45) is 8.73 Å². The van der Waals surface area contributed by atoms with Gasteiger partial charge in [-0.1, -0.05) is 6.07 Å². The fourth-order valence-corrected chi connectivity index (χ4v) is 4.23. The number of sulfonamides is 1. The van der Waals surface area contributed by atoms with Crippen LogP contribution in [0, 0.1) is 0 Å². The van der Waals surface area contributed by atoms with Crippen LogP contribution in [0.1, 0.15) is 0 Å². The van der Waals surface area contributed by atoms with Crippen LogP contribution in [-0.2, 0) is 26.1 Å². The molecule has 21 heavy (non-hydrogen) atoms. The first-order valence-corrected chi connectivity index (χ1v) is 8.76. The second kappa shape index (κ2) is 5.93. The number of nitrogens with zero attached hydrogens (tertiary/aromatic N) is 3. The Morgan fingerprint density at radius 1 is 1.48 bits per heavy atom. The Morgan fingerprint density at radius 3 is 3.10 bits per heavy atom. The van der Waals surface area contributed by atoms with Gasteiger partial charge in [-0.25, -0.2) is 8.42 Å². The molecule has 0 radical (unpaired) electrons. The SMILES string of the molecule is CN(CC1CNCCO1)S(=O)(=O)c1cccc2c1N=S=N2. The fourth-order valence-electron chi connectivity index (χ4n) is 2.28. The fraction of sp³-hybridized carbons (Fsp3) is 0.500. The maximum atomic E-state index is 12.7. The van der Waals surface area contributed by atoms with Gasteiger partial charge in [0.2, 0.25) is 10.0 Å². The van der Waals surface area contributed by atoms with Crippen molar-refractivity contribution in [1.29, 1.82) is 0 Å². The lowest BCUT2D eigenvalue weighted by Crippen LogP contribution is -2.45. The number of hydrogen-bond acceptors (Lipinski definition) is 6.